The maximum atomic E-state index is 12.8. The summed E-state index contributed by atoms with van der Waals surface area (Å²) in [5.41, 5.74) is 2.33. The first-order valence-electron chi connectivity index (χ1n) is 12.6. The molecule has 0 atom stereocenters. The Bertz CT molecular complexity index is 1700. The van der Waals surface area contributed by atoms with Crippen molar-refractivity contribution < 1.29 is 32.9 Å². The highest BCUT2D eigenvalue weighted by atomic mass is 35.5. The van der Waals surface area contributed by atoms with Crippen molar-refractivity contribution in [1.29, 1.82) is 0 Å². The van der Waals surface area contributed by atoms with Gasteiger partial charge in [0.2, 0.25) is 5.75 Å². The zero-order valence-corrected chi connectivity index (χ0v) is 24.0. The van der Waals surface area contributed by atoms with Crippen LogP contribution in [0, 0.1) is 0 Å². The van der Waals surface area contributed by atoms with Crippen LogP contribution >= 0.6 is 23.2 Å². The van der Waals surface area contributed by atoms with E-state index in [1.54, 1.807) is 30.3 Å². The summed E-state index contributed by atoms with van der Waals surface area (Å²) in [4.78, 5) is 12.8. The molecule has 5 rings (SSSR count). The summed E-state index contributed by atoms with van der Waals surface area (Å²) >= 11 is 12.4. The minimum absolute atomic E-state index is 0.0136. The Labute approximate surface area is 246 Å². The largest absolute Gasteiger partial charge is 0.492 e. The van der Waals surface area contributed by atoms with Gasteiger partial charge < -0.3 is 28.2 Å². The van der Waals surface area contributed by atoms with Crippen molar-refractivity contribution in [2.75, 3.05) is 21.3 Å². The third-order valence-corrected chi connectivity index (χ3v) is 7.22. The van der Waals surface area contributed by atoms with Crippen molar-refractivity contribution in [3.63, 3.8) is 0 Å². The van der Waals surface area contributed by atoms with Crippen LogP contribution in [0.2, 0.25) is 10.0 Å². The molecule has 0 aliphatic carbocycles. The van der Waals surface area contributed by atoms with Gasteiger partial charge in [-0.05, 0) is 42.5 Å². The first-order valence-corrected chi connectivity index (χ1v) is 13.3. The van der Waals surface area contributed by atoms with Gasteiger partial charge in [0.25, 0.3) is 0 Å². The SMILES string of the molecule is COc1c(Cc2ccc(-c3ccccc3)o2)c(C(=O)O)c(Cc2ccc(-c3ccc(Cl)cc3Cl)o2)c(OC)c1OC. The van der Waals surface area contributed by atoms with Gasteiger partial charge >= 0.3 is 5.97 Å². The monoisotopic (exact) mass is 592 g/mol. The lowest BCUT2D eigenvalue weighted by Crippen LogP contribution is -2.13. The maximum Gasteiger partial charge on any atom is 0.336 e. The van der Waals surface area contributed by atoms with Crippen molar-refractivity contribution in [3.8, 4) is 39.9 Å². The Morgan fingerprint density at radius 1 is 0.732 bits per heavy atom. The summed E-state index contributed by atoms with van der Waals surface area (Å²) in [6.07, 6.45) is 0.228. The first kappa shape index (κ1) is 28.2. The van der Waals surface area contributed by atoms with Crippen LogP contribution < -0.4 is 14.2 Å². The molecule has 0 unspecified atom stereocenters. The number of aromatic carboxylic acids is 1. The van der Waals surface area contributed by atoms with Gasteiger partial charge in [-0.15, -0.1) is 0 Å². The van der Waals surface area contributed by atoms with Crippen LogP contribution in [0.3, 0.4) is 0 Å². The lowest BCUT2D eigenvalue weighted by molar-refractivity contribution is 0.0693. The van der Waals surface area contributed by atoms with Crippen LogP contribution in [0.1, 0.15) is 33.0 Å². The van der Waals surface area contributed by atoms with Gasteiger partial charge in [0.1, 0.15) is 23.0 Å². The summed E-state index contributed by atoms with van der Waals surface area (Å²) in [7, 11) is 4.38. The van der Waals surface area contributed by atoms with E-state index in [2.05, 4.69) is 0 Å². The zero-order valence-electron chi connectivity index (χ0n) is 22.5. The number of ether oxygens (including phenoxy) is 3. The summed E-state index contributed by atoms with van der Waals surface area (Å²) in [5.74, 6) is 1.83. The number of carboxylic acid groups (broad SMARTS) is 1. The fraction of sp³-hybridized carbons (Fsp3) is 0.156. The fourth-order valence-corrected chi connectivity index (χ4v) is 5.39. The lowest BCUT2D eigenvalue weighted by Gasteiger charge is -2.22. The van der Waals surface area contributed by atoms with E-state index in [4.69, 9.17) is 46.2 Å². The van der Waals surface area contributed by atoms with Crippen molar-refractivity contribution in [3.05, 3.63) is 111 Å². The maximum absolute atomic E-state index is 12.8. The van der Waals surface area contributed by atoms with Crippen LogP contribution in [-0.4, -0.2) is 32.4 Å². The molecule has 0 aliphatic heterocycles. The highest BCUT2D eigenvalue weighted by Crippen LogP contribution is 2.47. The molecule has 0 bridgehead atoms. The van der Waals surface area contributed by atoms with E-state index in [1.165, 1.54) is 21.3 Å². The van der Waals surface area contributed by atoms with Crippen molar-refractivity contribution in [2.45, 2.75) is 12.8 Å². The summed E-state index contributed by atoms with van der Waals surface area (Å²) in [6, 6.07) is 22.0. The molecule has 1 N–H and O–H groups in total. The Morgan fingerprint density at radius 3 is 1.83 bits per heavy atom. The predicted molar refractivity (Wildman–Crippen MR) is 157 cm³/mol. The number of rotatable bonds is 10. The second-order valence-corrected chi connectivity index (χ2v) is 9.96. The van der Waals surface area contributed by atoms with Gasteiger partial charge in [-0.2, -0.15) is 0 Å². The molecule has 41 heavy (non-hydrogen) atoms. The van der Waals surface area contributed by atoms with Crippen molar-refractivity contribution in [2.24, 2.45) is 0 Å². The highest BCUT2D eigenvalue weighted by Gasteiger charge is 2.31. The van der Waals surface area contributed by atoms with Crippen molar-refractivity contribution >= 4 is 29.2 Å². The van der Waals surface area contributed by atoms with Gasteiger partial charge in [-0.1, -0.05) is 53.5 Å². The molecule has 2 heterocycles. The number of carbonyl (C=O) groups is 1. The Hall–Kier alpha value is -4.33. The van der Waals surface area contributed by atoms with E-state index in [0.29, 0.717) is 49.8 Å². The smallest absolute Gasteiger partial charge is 0.336 e. The van der Waals surface area contributed by atoms with E-state index < -0.39 is 5.97 Å². The third-order valence-electron chi connectivity index (χ3n) is 6.67. The second-order valence-electron chi connectivity index (χ2n) is 9.11. The summed E-state index contributed by atoms with van der Waals surface area (Å²) < 4.78 is 29.3. The van der Waals surface area contributed by atoms with E-state index >= 15 is 0 Å². The lowest BCUT2D eigenvalue weighted by atomic mass is 9.92. The average molecular weight is 593 g/mol. The Balaban J connectivity index is 1.61. The van der Waals surface area contributed by atoms with Crippen LogP contribution in [0.25, 0.3) is 22.6 Å². The number of halogens is 2. The highest BCUT2D eigenvalue weighted by molar-refractivity contribution is 6.36. The van der Waals surface area contributed by atoms with Gasteiger partial charge in [0.15, 0.2) is 11.5 Å². The number of furan rings is 2. The fourth-order valence-electron chi connectivity index (χ4n) is 4.89. The van der Waals surface area contributed by atoms with E-state index in [-0.39, 0.29) is 35.7 Å². The number of carboxylic acids is 1. The summed E-state index contributed by atoms with van der Waals surface area (Å²) in [6.45, 7) is 0. The van der Waals surface area contributed by atoms with Gasteiger partial charge in [0.05, 0.1) is 31.9 Å². The number of benzene rings is 3. The molecule has 0 spiro atoms. The van der Waals surface area contributed by atoms with Crippen LogP contribution in [0.5, 0.6) is 17.2 Å². The molecule has 210 valence electrons. The van der Waals surface area contributed by atoms with E-state index in [0.717, 1.165) is 5.56 Å². The van der Waals surface area contributed by atoms with E-state index in [9.17, 15) is 9.90 Å². The number of hydrogen-bond acceptors (Lipinski definition) is 6. The quantitative estimate of drug-likeness (QED) is 0.174. The molecule has 0 saturated carbocycles. The minimum Gasteiger partial charge on any atom is -0.492 e. The molecular weight excluding hydrogens is 567 g/mol. The van der Waals surface area contributed by atoms with E-state index in [1.807, 2.05) is 42.5 Å². The molecule has 2 aromatic heterocycles. The molecule has 0 fully saturated rings. The molecule has 3 aromatic carbocycles. The molecular formula is C32H26Cl2O7. The normalized spacial score (nSPS) is 11.0. The number of methoxy groups -OCH3 is 3. The average Bonchev–Trinajstić information content (AvgIpc) is 3.63. The van der Waals surface area contributed by atoms with Crippen LogP contribution in [0.4, 0.5) is 0 Å². The van der Waals surface area contributed by atoms with Gasteiger partial charge in [-0.25, -0.2) is 4.79 Å². The molecule has 9 heteroatoms. The number of hydrogen-bond donors (Lipinski definition) is 1. The van der Waals surface area contributed by atoms with Crippen LogP contribution in [0.15, 0.2) is 81.6 Å². The second kappa shape index (κ2) is 12.0. The molecule has 0 radical (unpaired) electrons. The Kier molecular flexibility index (Phi) is 8.28. The van der Waals surface area contributed by atoms with Crippen molar-refractivity contribution in [1.82, 2.24) is 0 Å². The van der Waals surface area contributed by atoms with Gasteiger partial charge in [-0.3, -0.25) is 0 Å². The minimum atomic E-state index is -1.16. The standard InChI is InChI=1S/C32H26Cl2O7/c1-37-29-23(16-20-10-13-26(40-20)18-7-5-4-6-8-18)28(32(35)36)24(30(38-2)31(29)39-3)17-21-11-14-27(41-21)22-12-9-19(33)15-25(22)34/h4-15H,16-17H2,1-3H3,(H,35,36). The summed E-state index contributed by atoms with van der Waals surface area (Å²) in [5, 5.41) is 11.4. The molecule has 0 aliphatic rings. The first-order chi connectivity index (χ1) is 19.8. The topological polar surface area (TPSA) is 91.3 Å². The third kappa shape index (κ3) is 5.64. The molecule has 0 amide bonds. The van der Waals surface area contributed by atoms with Crippen LogP contribution in [-0.2, 0) is 12.8 Å². The predicted octanol–water partition coefficient (Wildman–Crippen LogP) is 8.42. The molecule has 5 aromatic rings. The zero-order chi connectivity index (χ0) is 29.1. The molecule has 7 nitrogen and oxygen atoms in total. The Morgan fingerprint density at radius 2 is 1.29 bits per heavy atom. The molecule has 0 saturated heterocycles. The van der Waals surface area contributed by atoms with Gasteiger partial charge in [0, 0.05) is 40.1 Å².